The zero-order valence-electron chi connectivity index (χ0n) is 8.06. The Kier molecular flexibility index (Phi) is 3.67. The first-order valence-corrected chi connectivity index (χ1v) is 4.02. The summed E-state index contributed by atoms with van der Waals surface area (Å²) in [6.45, 7) is 0. The standard InChI is InChI=1S/C10H11NO3/c1-13-9-5-3-8(4-6-9)7-11-10(12)14-2/h3-7H,1-2H3/b11-7+. The van der Waals surface area contributed by atoms with Crippen molar-refractivity contribution in [1.82, 2.24) is 0 Å². The van der Waals surface area contributed by atoms with Crippen molar-refractivity contribution >= 4 is 12.3 Å². The summed E-state index contributed by atoms with van der Waals surface area (Å²) >= 11 is 0. The van der Waals surface area contributed by atoms with Crippen molar-refractivity contribution in [3.63, 3.8) is 0 Å². The lowest BCUT2D eigenvalue weighted by Gasteiger charge is -1.98. The van der Waals surface area contributed by atoms with Gasteiger partial charge in [-0.25, -0.2) is 4.79 Å². The van der Waals surface area contributed by atoms with Gasteiger partial charge in [0, 0.05) is 6.21 Å². The van der Waals surface area contributed by atoms with E-state index in [4.69, 9.17) is 4.74 Å². The van der Waals surface area contributed by atoms with E-state index < -0.39 is 6.09 Å². The maximum Gasteiger partial charge on any atom is 0.433 e. The van der Waals surface area contributed by atoms with Crippen LogP contribution in [0, 0.1) is 0 Å². The highest BCUT2D eigenvalue weighted by Crippen LogP contribution is 2.09. The minimum absolute atomic E-state index is 0.610. The highest BCUT2D eigenvalue weighted by atomic mass is 16.5. The van der Waals surface area contributed by atoms with E-state index in [1.807, 2.05) is 0 Å². The maximum atomic E-state index is 10.7. The van der Waals surface area contributed by atoms with Crippen molar-refractivity contribution in [2.45, 2.75) is 0 Å². The predicted molar refractivity (Wildman–Crippen MR) is 53.0 cm³/mol. The van der Waals surface area contributed by atoms with Gasteiger partial charge in [-0.1, -0.05) is 0 Å². The molecule has 74 valence electrons. The summed E-state index contributed by atoms with van der Waals surface area (Å²) in [5, 5.41) is 0. The number of hydrogen-bond acceptors (Lipinski definition) is 3. The first-order valence-electron chi connectivity index (χ1n) is 4.02. The molecule has 1 aromatic carbocycles. The molecule has 0 aliphatic heterocycles. The van der Waals surface area contributed by atoms with E-state index in [-0.39, 0.29) is 0 Å². The molecule has 0 fully saturated rings. The Bertz CT molecular complexity index is 330. The van der Waals surface area contributed by atoms with Crippen LogP contribution in [0.15, 0.2) is 29.3 Å². The molecule has 1 amide bonds. The van der Waals surface area contributed by atoms with E-state index in [1.165, 1.54) is 13.3 Å². The van der Waals surface area contributed by atoms with Crippen molar-refractivity contribution in [3.8, 4) is 5.75 Å². The lowest BCUT2D eigenvalue weighted by molar-refractivity contribution is 0.183. The summed E-state index contributed by atoms with van der Waals surface area (Å²) in [5.41, 5.74) is 0.816. The Balaban J connectivity index is 2.68. The summed E-state index contributed by atoms with van der Waals surface area (Å²) in [6, 6.07) is 7.17. The first-order chi connectivity index (χ1) is 6.76. The summed E-state index contributed by atoms with van der Waals surface area (Å²) in [7, 11) is 2.88. The second-order valence-corrected chi connectivity index (χ2v) is 2.50. The number of carbonyl (C=O) groups excluding carboxylic acids is 1. The smallest absolute Gasteiger partial charge is 0.433 e. The van der Waals surface area contributed by atoms with Gasteiger partial charge in [-0.2, -0.15) is 4.99 Å². The number of nitrogens with zero attached hydrogens (tertiary/aromatic N) is 1. The van der Waals surface area contributed by atoms with Crippen molar-refractivity contribution < 1.29 is 14.3 Å². The van der Waals surface area contributed by atoms with Crippen molar-refractivity contribution in [2.24, 2.45) is 4.99 Å². The Morgan fingerprint density at radius 2 is 1.93 bits per heavy atom. The van der Waals surface area contributed by atoms with E-state index in [1.54, 1.807) is 31.4 Å². The third-order valence-corrected chi connectivity index (χ3v) is 1.61. The largest absolute Gasteiger partial charge is 0.497 e. The molecule has 0 aliphatic carbocycles. The minimum Gasteiger partial charge on any atom is -0.497 e. The van der Waals surface area contributed by atoms with Crippen LogP contribution in [0.5, 0.6) is 5.75 Å². The summed E-state index contributed by atoms with van der Waals surface area (Å²) in [4.78, 5) is 14.2. The fourth-order valence-electron chi connectivity index (χ4n) is 0.870. The van der Waals surface area contributed by atoms with Gasteiger partial charge in [-0.3, -0.25) is 0 Å². The summed E-state index contributed by atoms with van der Waals surface area (Å²) in [5.74, 6) is 0.764. The van der Waals surface area contributed by atoms with Crippen LogP contribution in [-0.2, 0) is 4.74 Å². The molecule has 0 unspecified atom stereocenters. The molecule has 0 aliphatic rings. The van der Waals surface area contributed by atoms with Crippen LogP contribution in [0.2, 0.25) is 0 Å². The molecule has 1 rings (SSSR count). The van der Waals surface area contributed by atoms with Gasteiger partial charge < -0.3 is 9.47 Å². The lowest BCUT2D eigenvalue weighted by Crippen LogP contribution is -1.93. The second-order valence-electron chi connectivity index (χ2n) is 2.50. The van der Waals surface area contributed by atoms with E-state index in [0.29, 0.717) is 0 Å². The van der Waals surface area contributed by atoms with Crippen LogP contribution in [0.1, 0.15) is 5.56 Å². The predicted octanol–water partition coefficient (Wildman–Crippen LogP) is 1.88. The number of hydrogen-bond donors (Lipinski definition) is 0. The molecule has 4 heteroatoms. The van der Waals surface area contributed by atoms with Gasteiger partial charge >= 0.3 is 6.09 Å². The van der Waals surface area contributed by atoms with E-state index in [9.17, 15) is 4.79 Å². The van der Waals surface area contributed by atoms with E-state index >= 15 is 0 Å². The van der Waals surface area contributed by atoms with Gasteiger partial charge in [-0.05, 0) is 29.8 Å². The zero-order chi connectivity index (χ0) is 10.4. The maximum absolute atomic E-state index is 10.7. The number of rotatable bonds is 2. The molecule has 14 heavy (non-hydrogen) atoms. The fourth-order valence-corrected chi connectivity index (χ4v) is 0.870. The Morgan fingerprint density at radius 1 is 1.29 bits per heavy atom. The van der Waals surface area contributed by atoms with Crippen LogP contribution in [0.4, 0.5) is 4.79 Å². The molecule has 4 nitrogen and oxygen atoms in total. The Hall–Kier alpha value is -1.84. The average molecular weight is 193 g/mol. The average Bonchev–Trinajstić information content (AvgIpc) is 2.26. The minimum atomic E-state index is -0.610. The molecule has 0 spiro atoms. The third-order valence-electron chi connectivity index (χ3n) is 1.61. The highest BCUT2D eigenvalue weighted by Gasteiger charge is 1.93. The second kappa shape index (κ2) is 5.01. The fraction of sp³-hybridized carbons (Fsp3) is 0.200. The molecule has 0 aromatic heterocycles. The van der Waals surface area contributed by atoms with Crippen LogP contribution in [0.3, 0.4) is 0 Å². The SMILES string of the molecule is COC(=O)/N=C/c1ccc(OC)cc1. The first kappa shape index (κ1) is 10.2. The van der Waals surface area contributed by atoms with E-state index in [0.717, 1.165) is 11.3 Å². The van der Waals surface area contributed by atoms with Crippen LogP contribution >= 0.6 is 0 Å². The Labute approximate surface area is 82.2 Å². The third kappa shape index (κ3) is 2.90. The number of benzene rings is 1. The molecule has 0 bridgehead atoms. The number of ether oxygens (including phenoxy) is 2. The number of aliphatic imine (C=N–C) groups is 1. The number of methoxy groups -OCH3 is 2. The van der Waals surface area contributed by atoms with Gasteiger partial charge in [0.25, 0.3) is 0 Å². The number of carbonyl (C=O) groups is 1. The molecular weight excluding hydrogens is 182 g/mol. The van der Waals surface area contributed by atoms with Gasteiger partial charge in [0.2, 0.25) is 0 Å². The summed E-state index contributed by atoms with van der Waals surface area (Å²) < 4.78 is 9.34. The van der Waals surface area contributed by atoms with E-state index in [2.05, 4.69) is 9.73 Å². The molecule has 0 saturated heterocycles. The van der Waals surface area contributed by atoms with Crippen molar-refractivity contribution in [1.29, 1.82) is 0 Å². The molecule has 0 atom stereocenters. The topological polar surface area (TPSA) is 47.9 Å². The zero-order valence-corrected chi connectivity index (χ0v) is 8.06. The summed E-state index contributed by atoms with van der Waals surface area (Å²) in [6.07, 6.45) is 0.825. The molecule has 1 aromatic rings. The van der Waals surface area contributed by atoms with Gasteiger partial charge in [0.15, 0.2) is 0 Å². The molecule has 0 radical (unpaired) electrons. The normalized spacial score (nSPS) is 10.1. The Morgan fingerprint density at radius 3 is 2.43 bits per heavy atom. The van der Waals surface area contributed by atoms with Gasteiger partial charge in [0.1, 0.15) is 5.75 Å². The lowest BCUT2D eigenvalue weighted by atomic mass is 10.2. The van der Waals surface area contributed by atoms with Crippen LogP contribution < -0.4 is 4.74 Å². The van der Waals surface area contributed by atoms with Gasteiger partial charge in [-0.15, -0.1) is 0 Å². The van der Waals surface area contributed by atoms with Crippen LogP contribution in [0.25, 0.3) is 0 Å². The number of amides is 1. The highest BCUT2D eigenvalue weighted by molar-refractivity contribution is 5.88. The van der Waals surface area contributed by atoms with Crippen molar-refractivity contribution in [2.75, 3.05) is 14.2 Å². The van der Waals surface area contributed by atoms with Crippen LogP contribution in [-0.4, -0.2) is 26.5 Å². The van der Waals surface area contributed by atoms with Gasteiger partial charge in [0.05, 0.1) is 14.2 Å². The molecule has 0 N–H and O–H groups in total. The van der Waals surface area contributed by atoms with Crippen molar-refractivity contribution in [3.05, 3.63) is 29.8 Å². The molecule has 0 heterocycles. The molecular formula is C10H11NO3. The monoisotopic (exact) mass is 193 g/mol. The molecule has 0 saturated carbocycles. The quantitative estimate of drug-likeness (QED) is 0.674.